The van der Waals surface area contributed by atoms with E-state index in [0.29, 0.717) is 5.69 Å². The van der Waals surface area contributed by atoms with Crippen molar-refractivity contribution in [1.29, 1.82) is 0 Å². The van der Waals surface area contributed by atoms with Crippen LogP contribution in [0.25, 0.3) is 0 Å². The molecule has 0 heterocycles. The van der Waals surface area contributed by atoms with Crippen LogP contribution in [-0.4, -0.2) is 12.2 Å². The molecule has 19 heavy (non-hydrogen) atoms. The van der Waals surface area contributed by atoms with Gasteiger partial charge in [0.05, 0.1) is 11.3 Å². The lowest BCUT2D eigenvalue weighted by atomic mass is 10.1. The Kier molecular flexibility index (Phi) is 4.06. The topological polar surface area (TPSA) is 55.1 Å². The number of halogens is 1. The quantitative estimate of drug-likeness (QED) is 0.667. The number of amides is 1. The molecule has 98 valence electrons. The van der Waals surface area contributed by atoms with Gasteiger partial charge in [-0.2, -0.15) is 0 Å². The molecule has 5 heteroatoms. The fraction of sp³-hybridized carbons (Fsp3) is 0.0714. The SMILES string of the molecule is CSc1ccccc1NC(=O)c1cc(F)ccc1N. The zero-order chi connectivity index (χ0) is 13.8. The molecule has 0 saturated heterocycles. The zero-order valence-corrected chi connectivity index (χ0v) is 11.1. The molecule has 3 nitrogen and oxygen atoms in total. The van der Waals surface area contributed by atoms with E-state index < -0.39 is 11.7 Å². The molecule has 0 aliphatic rings. The number of nitrogens with one attached hydrogen (secondary N) is 1. The summed E-state index contributed by atoms with van der Waals surface area (Å²) in [6.45, 7) is 0. The molecule has 0 aliphatic carbocycles. The van der Waals surface area contributed by atoms with Crippen LogP contribution in [-0.2, 0) is 0 Å². The highest BCUT2D eigenvalue weighted by Crippen LogP contribution is 2.25. The van der Waals surface area contributed by atoms with Gasteiger partial charge in [-0.3, -0.25) is 4.79 Å². The lowest BCUT2D eigenvalue weighted by molar-refractivity contribution is 0.102. The van der Waals surface area contributed by atoms with Crippen LogP contribution in [0.5, 0.6) is 0 Å². The summed E-state index contributed by atoms with van der Waals surface area (Å²) in [5.41, 5.74) is 6.75. The van der Waals surface area contributed by atoms with Gasteiger partial charge in [-0.25, -0.2) is 4.39 Å². The zero-order valence-electron chi connectivity index (χ0n) is 10.3. The first kappa shape index (κ1) is 13.4. The van der Waals surface area contributed by atoms with E-state index in [1.807, 2.05) is 24.5 Å². The monoisotopic (exact) mass is 276 g/mol. The van der Waals surface area contributed by atoms with Crippen molar-refractivity contribution in [2.75, 3.05) is 17.3 Å². The van der Waals surface area contributed by atoms with Crippen LogP contribution in [0.4, 0.5) is 15.8 Å². The molecule has 0 spiro atoms. The van der Waals surface area contributed by atoms with E-state index >= 15 is 0 Å². The lowest BCUT2D eigenvalue weighted by Gasteiger charge is -2.10. The Bertz CT molecular complexity index is 616. The summed E-state index contributed by atoms with van der Waals surface area (Å²) >= 11 is 1.52. The van der Waals surface area contributed by atoms with E-state index in [1.54, 1.807) is 6.07 Å². The Morgan fingerprint density at radius 1 is 1.26 bits per heavy atom. The first-order valence-corrected chi connectivity index (χ1v) is 6.83. The fourth-order valence-corrected chi connectivity index (χ4v) is 2.22. The molecule has 2 aromatic rings. The van der Waals surface area contributed by atoms with Gasteiger partial charge in [0.1, 0.15) is 5.82 Å². The molecule has 0 atom stereocenters. The molecule has 0 radical (unpaired) electrons. The standard InChI is InChI=1S/C14H13FN2OS/c1-19-13-5-3-2-4-12(13)17-14(18)10-8-9(15)6-7-11(10)16/h2-8H,16H2,1H3,(H,17,18). The molecular weight excluding hydrogens is 263 g/mol. The second kappa shape index (κ2) is 5.75. The van der Waals surface area contributed by atoms with Crippen LogP contribution in [0.3, 0.4) is 0 Å². The maximum atomic E-state index is 13.2. The molecule has 0 saturated carbocycles. The Labute approximate surface area is 115 Å². The average molecular weight is 276 g/mol. The number of hydrogen-bond acceptors (Lipinski definition) is 3. The molecule has 0 bridgehead atoms. The number of nitrogen functional groups attached to an aromatic ring is 1. The summed E-state index contributed by atoms with van der Waals surface area (Å²) in [6.07, 6.45) is 1.92. The summed E-state index contributed by atoms with van der Waals surface area (Å²) in [4.78, 5) is 13.0. The summed E-state index contributed by atoms with van der Waals surface area (Å²) in [5.74, 6) is -0.906. The first-order valence-electron chi connectivity index (χ1n) is 5.61. The highest BCUT2D eigenvalue weighted by Gasteiger charge is 2.12. The van der Waals surface area contributed by atoms with Crippen LogP contribution < -0.4 is 11.1 Å². The number of benzene rings is 2. The van der Waals surface area contributed by atoms with Gasteiger partial charge in [-0.05, 0) is 36.6 Å². The van der Waals surface area contributed by atoms with Gasteiger partial charge in [0, 0.05) is 10.6 Å². The molecule has 3 N–H and O–H groups in total. The lowest BCUT2D eigenvalue weighted by Crippen LogP contribution is -2.14. The van der Waals surface area contributed by atoms with Crippen molar-refractivity contribution in [3.63, 3.8) is 0 Å². The molecule has 0 unspecified atom stereocenters. The second-order valence-electron chi connectivity index (χ2n) is 3.89. The highest BCUT2D eigenvalue weighted by molar-refractivity contribution is 7.98. The number of nitrogens with two attached hydrogens (primary N) is 1. The second-order valence-corrected chi connectivity index (χ2v) is 4.73. The molecule has 1 amide bonds. The third kappa shape index (κ3) is 3.06. The Hall–Kier alpha value is -2.01. The van der Waals surface area contributed by atoms with E-state index in [9.17, 15) is 9.18 Å². The minimum Gasteiger partial charge on any atom is -0.398 e. The third-order valence-corrected chi connectivity index (χ3v) is 3.41. The predicted octanol–water partition coefficient (Wildman–Crippen LogP) is 3.38. The molecule has 2 rings (SSSR count). The van der Waals surface area contributed by atoms with E-state index in [4.69, 9.17) is 5.73 Å². The number of thioether (sulfide) groups is 1. The van der Waals surface area contributed by atoms with Crippen LogP contribution >= 0.6 is 11.8 Å². The van der Waals surface area contributed by atoms with Gasteiger partial charge in [0.2, 0.25) is 0 Å². The van der Waals surface area contributed by atoms with Crippen molar-refractivity contribution in [3.8, 4) is 0 Å². The van der Waals surface area contributed by atoms with E-state index in [2.05, 4.69) is 5.32 Å². The predicted molar refractivity (Wildman–Crippen MR) is 77.0 cm³/mol. The van der Waals surface area contributed by atoms with Crippen LogP contribution in [0.15, 0.2) is 47.4 Å². The molecular formula is C14H13FN2OS. The van der Waals surface area contributed by atoms with Gasteiger partial charge < -0.3 is 11.1 Å². The van der Waals surface area contributed by atoms with Crippen LogP contribution in [0.1, 0.15) is 10.4 Å². The van der Waals surface area contributed by atoms with Gasteiger partial charge in [0.25, 0.3) is 5.91 Å². The Balaban J connectivity index is 2.28. The van der Waals surface area contributed by atoms with Crippen molar-refractivity contribution in [1.82, 2.24) is 0 Å². The number of hydrogen-bond donors (Lipinski definition) is 2. The van der Waals surface area contributed by atoms with Crippen molar-refractivity contribution in [2.24, 2.45) is 0 Å². The maximum Gasteiger partial charge on any atom is 0.257 e. The number of anilines is 2. The highest BCUT2D eigenvalue weighted by atomic mass is 32.2. The minimum absolute atomic E-state index is 0.135. The summed E-state index contributed by atoms with van der Waals surface area (Å²) < 4.78 is 13.2. The van der Waals surface area contributed by atoms with Crippen molar-refractivity contribution < 1.29 is 9.18 Å². The summed E-state index contributed by atoms with van der Waals surface area (Å²) in [5, 5.41) is 2.74. The maximum absolute atomic E-state index is 13.2. The first-order chi connectivity index (χ1) is 9.11. The smallest absolute Gasteiger partial charge is 0.257 e. The Morgan fingerprint density at radius 2 is 2.00 bits per heavy atom. The summed E-state index contributed by atoms with van der Waals surface area (Å²) in [6, 6.07) is 11.1. The van der Waals surface area contributed by atoms with Crippen molar-refractivity contribution >= 4 is 29.0 Å². The van der Waals surface area contributed by atoms with Crippen molar-refractivity contribution in [2.45, 2.75) is 4.90 Å². The van der Waals surface area contributed by atoms with Gasteiger partial charge in [0.15, 0.2) is 0 Å². The van der Waals surface area contributed by atoms with Crippen LogP contribution in [0.2, 0.25) is 0 Å². The van der Waals surface area contributed by atoms with Crippen LogP contribution in [0, 0.1) is 5.82 Å². The number of carbonyl (C=O) groups is 1. The summed E-state index contributed by atoms with van der Waals surface area (Å²) in [7, 11) is 0. The molecule has 0 aliphatic heterocycles. The fourth-order valence-electron chi connectivity index (χ4n) is 1.66. The third-order valence-electron chi connectivity index (χ3n) is 2.62. The largest absolute Gasteiger partial charge is 0.398 e. The van der Waals surface area contributed by atoms with Gasteiger partial charge in [-0.15, -0.1) is 11.8 Å². The molecule has 2 aromatic carbocycles. The van der Waals surface area contributed by atoms with Gasteiger partial charge >= 0.3 is 0 Å². The normalized spacial score (nSPS) is 10.2. The van der Waals surface area contributed by atoms with E-state index in [0.717, 1.165) is 11.0 Å². The van der Waals surface area contributed by atoms with E-state index in [-0.39, 0.29) is 11.3 Å². The molecule has 0 aromatic heterocycles. The Morgan fingerprint density at radius 3 is 2.74 bits per heavy atom. The van der Waals surface area contributed by atoms with E-state index in [1.165, 1.54) is 23.9 Å². The number of carbonyl (C=O) groups excluding carboxylic acids is 1. The number of para-hydroxylation sites is 1. The average Bonchev–Trinajstić information content (AvgIpc) is 2.42. The molecule has 0 fully saturated rings. The van der Waals surface area contributed by atoms with Gasteiger partial charge in [-0.1, -0.05) is 12.1 Å². The minimum atomic E-state index is -0.488. The number of rotatable bonds is 3. The van der Waals surface area contributed by atoms with Crippen molar-refractivity contribution in [3.05, 3.63) is 53.8 Å².